The first kappa shape index (κ1) is 18.0. The molecule has 3 aromatic carbocycles. The van der Waals surface area contributed by atoms with Gasteiger partial charge in [0.15, 0.2) is 0 Å². The second kappa shape index (κ2) is 7.69. The summed E-state index contributed by atoms with van der Waals surface area (Å²) in [5, 5.41) is 4.06. The molecule has 3 nitrogen and oxygen atoms in total. The molecule has 0 atom stereocenters. The first-order valence-electron chi connectivity index (χ1n) is 9.27. The van der Waals surface area contributed by atoms with Gasteiger partial charge in [0.05, 0.1) is 6.42 Å². The number of aryl methyl sites for hydroxylation is 1. The molecule has 28 heavy (non-hydrogen) atoms. The number of carbonyl (C=O) groups excluding carboxylic acids is 1. The summed E-state index contributed by atoms with van der Waals surface area (Å²) in [7, 11) is 0. The van der Waals surface area contributed by atoms with E-state index in [4.69, 9.17) is 0 Å². The summed E-state index contributed by atoms with van der Waals surface area (Å²) in [5.41, 5.74) is 4.92. The summed E-state index contributed by atoms with van der Waals surface area (Å²) in [5.74, 6) is -0.284. The molecule has 0 bridgehead atoms. The number of hydrogen-bond acceptors (Lipinski definition) is 1. The van der Waals surface area contributed by atoms with Crippen molar-refractivity contribution in [1.29, 1.82) is 0 Å². The molecule has 0 unspecified atom stereocenters. The molecule has 0 aliphatic carbocycles. The van der Waals surface area contributed by atoms with E-state index in [0.29, 0.717) is 13.0 Å². The lowest BCUT2D eigenvalue weighted by molar-refractivity contribution is -0.115. The highest BCUT2D eigenvalue weighted by Crippen LogP contribution is 2.24. The number of hydrogen-bond donors (Lipinski definition) is 1. The van der Waals surface area contributed by atoms with Gasteiger partial charge in [-0.1, -0.05) is 48.5 Å². The molecule has 0 saturated heterocycles. The minimum atomic E-state index is -0.241. The summed E-state index contributed by atoms with van der Waals surface area (Å²) in [6.45, 7) is 2.60. The number of carbonyl (C=O) groups is 1. The zero-order chi connectivity index (χ0) is 19.5. The Morgan fingerprint density at radius 1 is 0.964 bits per heavy atom. The summed E-state index contributed by atoms with van der Waals surface area (Å²) in [6.07, 6.45) is 2.32. The van der Waals surface area contributed by atoms with Gasteiger partial charge in [0.1, 0.15) is 5.82 Å². The van der Waals surface area contributed by atoms with Crippen molar-refractivity contribution >= 4 is 22.5 Å². The number of amides is 1. The standard InChI is InChI=1S/C24H21FN2O/c1-17-6-2-4-8-22(17)26-24(28)14-19-16-27(23-9-5-3-7-21(19)23)15-18-10-12-20(25)13-11-18/h2-13,16H,14-15H2,1H3,(H,26,28). The first-order valence-corrected chi connectivity index (χ1v) is 9.27. The molecule has 1 aromatic heterocycles. The second-order valence-corrected chi connectivity index (χ2v) is 6.97. The number of halogens is 1. The van der Waals surface area contributed by atoms with E-state index in [1.165, 1.54) is 12.1 Å². The van der Waals surface area contributed by atoms with Crippen LogP contribution in [-0.4, -0.2) is 10.5 Å². The maximum absolute atomic E-state index is 13.2. The fourth-order valence-electron chi connectivity index (χ4n) is 3.46. The van der Waals surface area contributed by atoms with Crippen LogP contribution in [0.4, 0.5) is 10.1 Å². The van der Waals surface area contributed by atoms with Gasteiger partial charge in [-0.25, -0.2) is 4.39 Å². The zero-order valence-electron chi connectivity index (χ0n) is 15.7. The quantitative estimate of drug-likeness (QED) is 0.505. The number of anilines is 1. The Labute approximate surface area is 163 Å². The second-order valence-electron chi connectivity index (χ2n) is 6.97. The molecule has 4 rings (SSSR count). The van der Waals surface area contributed by atoms with Crippen molar-refractivity contribution < 1.29 is 9.18 Å². The smallest absolute Gasteiger partial charge is 0.228 e. The summed E-state index contributed by atoms with van der Waals surface area (Å²) < 4.78 is 15.3. The number of benzene rings is 3. The van der Waals surface area contributed by atoms with E-state index in [1.807, 2.05) is 61.7 Å². The Hall–Kier alpha value is -3.40. The normalized spacial score (nSPS) is 10.9. The molecule has 0 aliphatic heterocycles. The zero-order valence-corrected chi connectivity index (χ0v) is 15.7. The largest absolute Gasteiger partial charge is 0.343 e. The Bertz CT molecular complexity index is 1130. The summed E-state index contributed by atoms with van der Waals surface area (Å²) in [4.78, 5) is 12.6. The third kappa shape index (κ3) is 3.81. The molecule has 0 fully saturated rings. The molecule has 0 saturated carbocycles. The lowest BCUT2D eigenvalue weighted by Gasteiger charge is -2.07. The van der Waals surface area contributed by atoms with Crippen LogP contribution in [0.15, 0.2) is 79.0 Å². The highest BCUT2D eigenvalue weighted by molar-refractivity contribution is 5.96. The van der Waals surface area contributed by atoms with Crippen LogP contribution >= 0.6 is 0 Å². The third-order valence-electron chi connectivity index (χ3n) is 4.91. The molecule has 4 heteroatoms. The molecule has 1 N–H and O–H groups in total. The van der Waals surface area contributed by atoms with Gasteiger partial charge in [0.25, 0.3) is 0 Å². The Kier molecular flexibility index (Phi) is 4.94. The Balaban J connectivity index is 1.60. The van der Waals surface area contributed by atoms with Gasteiger partial charge in [-0.15, -0.1) is 0 Å². The molecule has 4 aromatic rings. The molecule has 140 valence electrons. The van der Waals surface area contributed by atoms with Crippen LogP contribution in [0.3, 0.4) is 0 Å². The van der Waals surface area contributed by atoms with Crippen LogP contribution in [0.25, 0.3) is 10.9 Å². The summed E-state index contributed by atoms with van der Waals surface area (Å²) in [6, 6.07) is 22.3. The van der Waals surface area contributed by atoms with Crippen molar-refractivity contribution in [2.24, 2.45) is 0 Å². The predicted molar refractivity (Wildman–Crippen MR) is 111 cm³/mol. The lowest BCUT2D eigenvalue weighted by Crippen LogP contribution is -2.15. The van der Waals surface area contributed by atoms with Gasteiger partial charge in [-0.05, 0) is 47.9 Å². The van der Waals surface area contributed by atoms with Crippen LogP contribution in [-0.2, 0) is 17.8 Å². The van der Waals surface area contributed by atoms with Gasteiger partial charge >= 0.3 is 0 Å². The number of para-hydroxylation sites is 2. The fraction of sp³-hybridized carbons (Fsp3) is 0.125. The number of nitrogens with zero attached hydrogens (tertiary/aromatic N) is 1. The SMILES string of the molecule is Cc1ccccc1NC(=O)Cc1cn(Cc2ccc(F)cc2)c2ccccc12. The van der Waals surface area contributed by atoms with Crippen molar-refractivity contribution in [3.63, 3.8) is 0 Å². The molecular formula is C24H21FN2O. The molecular weight excluding hydrogens is 351 g/mol. The van der Waals surface area contributed by atoms with Crippen molar-refractivity contribution in [3.8, 4) is 0 Å². The van der Waals surface area contributed by atoms with E-state index >= 15 is 0 Å². The molecule has 0 aliphatic rings. The average Bonchev–Trinajstić information content (AvgIpc) is 3.03. The predicted octanol–water partition coefficient (Wildman–Crippen LogP) is 5.32. The van der Waals surface area contributed by atoms with E-state index in [1.54, 1.807) is 12.1 Å². The van der Waals surface area contributed by atoms with Crippen molar-refractivity contribution in [2.75, 3.05) is 5.32 Å². The maximum Gasteiger partial charge on any atom is 0.228 e. The van der Waals surface area contributed by atoms with Crippen LogP contribution in [0.5, 0.6) is 0 Å². The van der Waals surface area contributed by atoms with Gasteiger partial charge in [-0.3, -0.25) is 4.79 Å². The summed E-state index contributed by atoms with van der Waals surface area (Å²) >= 11 is 0. The minimum absolute atomic E-state index is 0.0426. The average molecular weight is 372 g/mol. The van der Waals surface area contributed by atoms with Crippen LogP contribution in [0, 0.1) is 12.7 Å². The van der Waals surface area contributed by atoms with E-state index in [0.717, 1.165) is 33.3 Å². The monoisotopic (exact) mass is 372 g/mol. The Morgan fingerprint density at radius 2 is 1.68 bits per heavy atom. The van der Waals surface area contributed by atoms with Crippen LogP contribution in [0.1, 0.15) is 16.7 Å². The van der Waals surface area contributed by atoms with Gasteiger partial charge in [-0.2, -0.15) is 0 Å². The van der Waals surface area contributed by atoms with Gasteiger partial charge in [0.2, 0.25) is 5.91 Å². The van der Waals surface area contributed by atoms with Gasteiger partial charge < -0.3 is 9.88 Å². The highest BCUT2D eigenvalue weighted by atomic mass is 19.1. The minimum Gasteiger partial charge on any atom is -0.343 e. The topological polar surface area (TPSA) is 34.0 Å². The number of nitrogens with one attached hydrogen (secondary N) is 1. The van der Waals surface area contributed by atoms with E-state index in [-0.39, 0.29) is 11.7 Å². The van der Waals surface area contributed by atoms with Crippen LogP contribution < -0.4 is 5.32 Å². The highest BCUT2D eigenvalue weighted by Gasteiger charge is 2.13. The van der Waals surface area contributed by atoms with E-state index in [9.17, 15) is 9.18 Å². The van der Waals surface area contributed by atoms with Gasteiger partial charge in [0, 0.05) is 29.3 Å². The van der Waals surface area contributed by atoms with Crippen molar-refractivity contribution in [1.82, 2.24) is 4.57 Å². The molecule has 0 spiro atoms. The molecule has 1 amide bonds. The maximum atomic E-state index is 13.2. The number of rotatable bonds is 5. The fourth-order valence-corrected chi connectivity index (χ4v) is 3.46. The van der Waals surface area contributed by atoms with Crippen LogP contribution in [0.2, 0.25) is 0 Å². The molecule has 0 radical (unpaired) electrons. The number of fused-ring (bicyclic) bond motifs is 1. The first-order chi connectivity index (χ1) is 13.6. The van der Waals surface area contributed by atoms with Crippen molar-refractivity contribution in [2.45, 2.75) is 19.9 Å². The molecule has 1 heterocycles. The van der Waals surface area contributed by atoms with E-state index < -0.39 is 0 Å². The van der Waals surface area contributed by atoms with E-state index in [2.05, 4.69) is 9.88 Å². The number of aromatic nitrogens is 1. The van der Waals surface area contributed by atoms with Crippen molar-refractivity contribution in [3.05, 3.63) is 102 Å². The third-order valence-corrected chi connectivity index (χ3v) is 4.91. The lowest BCUT2D eigenvalue weighted by atomic mass is 10.1. The Morgan fingerprint density at radius 3 is 2.46 bits per heavy atom.